The Hall–Kier alpha value is -3.60. The van der Waals surface area contributed by atoms with Crippen molar-refractivity contribution in [1.82, 2.24) is 10.2 Å². The van der Waals surface area contributed by atoms with Gasteiger partial charge in [-0.05, 0) is 47.6 Å². The minimum atomic E-state index is -0.657. The van der Waals surface area contributed by atoms with Crippen LogP contribution in [0.2, 0.25) is 0 Å². The number of hydrogen-bond donors (Lipinski definition) is 1. The molecule has 3 rings (SSSR count). The van der Waals surface area contributed by atoms with Crippen molar-refractivity contribution in [2.45, 2.75) is 71.9 Å². The van der Waals surface area contributed by atoms with E-state index in [0.29, 0.717) is 25.3 Å². The first-order valence-electron chi connectivity index (χ1n) is 13.6. The average molecular weight is 515 g/mol. The molecule has 0 aliphatic carbocycles. The molecule has 0 aromatic heterocycles. The lowest BCUT2D eigenvalue weighted by atomic mass is 9.87. The van der Waals surface area contributed by atoms with Crippen LogP contribution in [-0.4, -0.2) is 35.9 Å². The SMILES string of the molecule is CCCCNC(=O)[C@@H](Cc1ccccc1)N(Cc1ccc(C)cc1)C(=O)COc1ccc(C(C)(C)C)cc1. The Labute approximate surface area is 228 Å². The molecule has 0 unspecified atom stereocenters. The Balaban J connectivity index is 1.85. The number of ether oxygens (including phenoxy) is 1. The number of unbranched alkanes of at least 4 members (excludes halogenated alkanes) is 1. The standard InChI is InChI=1S/C33H42N2O3/c1-6-7-21-34-32(37)30(22-26-11-9-8-10-12-26)35(23-27-15-13-25(2)14-16-27)31(36)24-38-29-19-17-28(18-20-29)33(3,4)5/h8-20,30H,6-7,21-24H2,1-5H3,(H,34,37)/t30-/m1/s1. The van der Waals surface area contributed by atoms with Gasteiger partial charge in [0.25, 0.3) is 5.91 Å². The first-order chi connectivity index (χ1) is 18.2. The van der Waals surface area contributed by atoms with Gasteiger partial charge in [-0.1, -0.05) is 106 Å². The molecule has 0 bridgehead atoms. The largest absolute Gasteiger partial charge is 0.484 e. The lowest BCUT2D eigenvalue weighted by molar-refractivity contribution is -0.142. The summed E-state index contributed by atoms with van der Waals surface area (Å²) in [6, 6.07) is 25.1. The number of hydrogen-bond acceptors (Lipinski definition) is 3. The van der Waals surface area contributed by atoms with Crippen molar-refractivity contribution in [2.24, 2.45) is 0 Å². The molecule has 3 aromatic rings. The molecule has 0 spiro atoms. The van der Waals surface area contributed by atoms with Crippen molar-refractivity contribution >= 4 is 11.8 Å². The van der Waals surface area contributed by atoms with Crippen molar-refractivity contribution in [3.63, 3.8) is 0 Å². The highest BCUT2D eigenvalue weighted by Gasteiger charge is 2.30. The van der Waals surface area contributed by atoms with Gasteiger partial charge in [0.15, 0.2) is 6.61 Å². The Bertz CT molecular complexity index is 1150. The molecule has 2 amide bonds. The highest BCUT2D eigenvalue weighted by atomic mass is 16.5. The lowest BCUT2D eigenvalue weighted by Gasteiger charge is -2.31. The third kappa shape index (κ3) is 8.76. The Kier molecular flexibility index (Phi) is 10.5. The quantitative estimate of drug-likeness (QED) is 0.292. The molecule has 38 heavy (non-hydrogen) atoms. The summed E-state index contributed by atoms with van der Waals surface area (Å²) >= 11 is 0. The van der Waals surface area contributed by atoms with E-state index in [0.717, 1.165) is 29.5 Å². The van der Waals surface area contributed by atoms with Gasteiger partial charge in [-0.2, -0.15) is 0 Å². The molecule has 1 atom stereocenters. The summed E-state index contributed by atoms with van der Waals surface area (Å²) in [5.41, 5.74) is 4.35. The van der Waals surface area contributed by atoms with Gasteiger partial charge >= 0.3 is 0 Å². The molecular formula is C33H42N2O3. The van der Waals surface area contributed by atoms with Crippen LogP contribution in [0.4, 0.5) is 0 Å². The number of nitrogens with zero attached hydrogens (tertiary/aromatic N) is 1. The van der Waals surface area contributed by atoms with Crippen LogP contribution in [0.5, 0.6) is 5.75 Å². The summed E-state index contributed by atoms with van der Waals surface area (Å²) < 4.78 is 5.93. The monoisotopic (exact) mass is 514 g/mol. The summed E-state index contributed by atoms with van der Waals surface area (Å²) in [6.45, 7) is 11.4. The van der Waals surface area contributed by atoms with Crippen molar-refractivity contribution in [2.75, 3.05) is 13.2 Å². The van der Waals surface area contributed by atoms with E-state index in [-0.39, 0.29) is 23.8 Å². The molecular weight excluding hydrogens is 472 g/mol. The molecule has 3 aromatic carbocycles. The first-order valence-corrected chi connectivity index (χ1v) is 13.6. The summed E-state index contributed by atoms with van der Waals surface area (Å²) in [5, 5.41) is 3.05. The number of benzene rings is 3. The smallest absolute Gasteiger partial charge is 0.261 e. The van der Waals surface area contributed by atoms with E-state index in [1.54, 1.807) is 4.90 Å². The number of aryl methyl sites for hydroxylation is 1. The normalized spacial score (nSPS) is 12.0. The zero-order valence-electron chi connectivity index (χ0n) is 23.5. The van der Waals surface area contributed by atoms with Crippen molar-refractivity contribution in [3.8, 4) is 5.75 Å². The Morgan fingerprint density at radius 1 is 0.895 bits per heavy atom. The van der Waals surface area contributed by atoms with E-state index in [1.165, 1.54) is 5.56 Å². The molecule has 0 radical (unpaired) electrons. The molecule has 5 heteroatoms. The van der Waals surface area contributed by atoms with Crippen molar-refractivity contribution in [1.29, 1.82) is 0 Å². The van der Waals surface area contributed by atoms with Crippen LogP contribution in [0, 0.1) is 6.92 Å². The number of amides is 2. The second kappa shape index (κ2) is 13.8. The Morgan fingerprint density at radius 3 is 2.16 bits per heavy atom. The molecule has 0 aliphatic heterocycles. The van der Waals surface area contributed by atoms with Gasteiger partial charge in [0.05, 0.1) is 0 Å². The van der Waals surface area contributed by atoms with E-state index in [1.807, 2.05) is 85.8 Å². The summed E-state index contributed by atoms with van der Waals surface area (Å²) in [4.78, 5) is 28.8. The molecule has 0 heterocycles. The van der Waals surface area contributed by atoms with Crippen LogP contribution < -0.4 is 10.1 Å². The molecule has 1 N–H and O–H groups in total. The van der Waals surface area contributed by atoms with E-state index < -0.39 is 6.04 Å². The van der Waals surface area contributed by atoms with Gasteiger partial charge in [-0.3, -0.25) is 9.59 Å². The maximum absolute atomic E-state index is 13.7. The van der Waals surface area contributed by atoms with Gasteiger partial charge in [-0.15, -0.1) is 0 Å². The van der Waals surface area contributed by atoms with Gasteiger partial charge in [0, 0.05) is 19.5 Å². The van der Waals surface area contributed by atoms with Crippen molar-refractivity contribution < 1.29 is 14.3 Å². The van der Waals surface area contributed by atoms with E-state index in [4.69, 9.17) is 4.74 Å². The van der Waals surface area contributed by atoms with Crippen LogP contribution in [0.15, 0.2) is 78.9 Å². The van der Waals surface area contributed by atoms with Gasteiger partial charge in [0.2, 0.25) is 5.91 Å². The van der Waals surface area contributed by atoms with Gasteiger partial charge < -0.3 is 15.0 Å². The van der Waals surface area contributed by atoms with Crippen LogP contribution in [0.25, 0.3) is 0 Å². The van der Waals surface area contributed by atoms with Crippen LogP contribution in [-0.2, 0) is 28.0 Å². The molecule has 202 valence electrons. The zero-order chi connectivity index (χ0) is 27.5. The minimum absolute atomic E-state index is 0.0367. The lowest BCUT2D eigenvalue weighted by Crippen LogP contribution is -2.51. The van der Waals surface area contributed by atoms with Crippen LogP contribution in [0.3, 0.4) is 0 Å². The van der Waals surface area contributed by atoms with Gasteiger partial charge in [-0.25, -0.2) is 0 Å². The number of rotatable bonds is 12. The molecule has 5 nitrogen and oxygen atoms in total. The van der Waals surface area contributed by atoms with Crippen molar-refractivity contribution in [3.05, 3.63) is 101 Å². The highest BCUT2D eigenvalue weighted by Crippen LogP contribution is 2.24. The highest BCUT2D eigenvalue weighted by molar-refractivity contribution is 5.88. The van der Waals surface area contributed by atoms with Crippen LogP contribution in [0.1, 0.15) is 62.8 Å². The van der Waals surface area contributed by atoms with Gasteiger partial charge in [0.1, 0.15) is 11.8 Å². The molecule has 0 aliphatic rings. The summed E-state index contributed by atoms with van der Waals surface area (Å²) in [7, 11) is 0. The number of nitrogens with one attached hydrogen (secondary N) is 1. The molecule has 0 fully saturated rings. The maximum atomic E-state index is 13.7. The van der Waals surface area contributed by atoms with E-state index >= 15 is 0 Å². The number of carbonyl (C=O) groups excluding carboxylic acids is 2. The Morgan fingerprint density at radius 2 is 1.55 bits per heavy atom. The summed E-state index contributed by atoms with van der Waals surface area (Å²) in [6.07, 6.45) is 2.30. The second-order valence-electron chi connectivity index (χ2n) is 10.9. The zero-order valence-corrected chi connectivity index (χ0v) is 23.5. The first kappa shape index (κ1) is 29.0. The van der Waals surface area contributed by atoms with E-state index in [9.17, 15) is 9.59 Å². The summed E-state index contributed by atoms with van der Waals surface area (Å²) in [5.74, 6) is 0.267. The topological polar surface area (TPSA) is 58.6 Å². The molecule has 0 saturated carbocycles. The molecule has 0 saturated heterocycles. The predicted octanol–water partition coefficient (Wildman–Crippen LogP) is 6.23. The average Bonchev–Trinajstić information content (AvgIpc) is 2.90. The van der Waals surface area contributed by atoms with E-state index in [2.05, 4.69) is 33.0 Å². The minimum Gasteiger partial charge on any atom is -0.484 e. The second-order valence-corrected chi connectivity index (χ2v) is 10.9. The third-order valence-electron chi connectivity index (χ3n) is 6.66. The fourth-order valence-corrected chi connectivity index (χ4v) is 4.23. The number of carbonyl (C=O) groups is 2. The third-order valence-corrected chi connectivity index (χ3v) is 6.66. The van der Waals surface area contributed by atoms with Crippen LogP contribution >= 0.6 is 0 Å². The fraction of sp³-hybridized carbons (Fsp3) is 0.394. The predicted molar refractivity (Wildman–Crippen MR) is 154 cm³/mol. The fourth-order valence-electron chi connectivity index (χ4n) is 4.23. The maximum Gasteiger partial charge on any atom is 0.261 e.